The number of hydrogen-bond acceptors (Lipinski definition) is 6. The molecule has 2 rings (SSSR count). The SMILES string of the molecule is CCCc1noc(CCC(=O)NC2CCN(S(=O)(=O)CC)CC2)n1. The fourth-order valence-electron chi connectivity index (χ4n) is 2.70. The topological polar surface area (TPSA) is 105 Å². The molecule has 1 aromatic heterocycles. The van der Waals surface area contributed by atoms with Crippen LogP contribution in [0.15, 0.2) is 4.52 Å². The van der Waals surface area contributed by atoms with E-state index in [0.717, 1.165) is 12.8 Å². The Labute approximate surface area is 143 Å². The van der Waals surface area contributed by atoms with E-state index in [1.165, 1.54) is 4.31 Å². The summed E-state index contributed by atoms with van der Waals surface area (Å²) in [6.07, 6.45) is 3.73. The summed E-state index contributed by atoms with van der Waals surface area (Å²) in [6, 6.07) is 0.0270. The quantitative estimate of drug-likeness (QED) is 0.740. The van der Waals surface area contributed by atoms with Gasteiger partial charge in [-0.15, -0.1) is 0 Å². The van der Waals surface area contributed by atoms with Gasteiger partial charge >= 0.3 is 0 Å². The lowest BCUT2D eigenvalue weighted by atomic mass is 10.1. The van der Waals surface area contributed by atoms with Crippen LogP contribution in [0.1, 0.15) is 51.2 Å². The van der Waals surface area contributed by atoms with E-state index in [2.05, 4.69) is 15.5 Å². The molecule has 9 heteroatoms. The predicted octanol–water partition coefficient (Wildman–Crippen LogP) is 0.885. The van der Waals surface area contributed by atoms with Crippen molar-refractivity contribution in [1.82, 2.24) is 19.8 Å². The first-order valence-corrected chi connectivity index (χ1v) is 10.1. The Kier molecular flexibility index (Phi) is 6.73. The fourth-order valence-corrected chi connectivity index (χ4v) is 3.83. The van der Waals surface area contributed by atoms with Gasteiger partial charge in [-0.1, -0.05) is 12.1 Å². The van der Waals surface area contributed by atoms with Crippen molar-refractivity contribution in [3.8, 4) is 0 Å². The van der Waals surface area contributed by atoms with E-state index in [1.807, 2.05) is 6.92 Å². The van der Waals surface area contributed by atoms with E-state index in [9.17, 15) is 13.2 Å². The first kappa shape index (κ1) is 18.9. The molecule has 0 unspecified atom stereocenters. The zero-order valence-corrected chi connectivity index (χ0v) is 15.1. The number of hydrogen-bond donors (Lipinski definition) is 1. The molecule has 1 amide bonds. The summed E-state index contributed by atoms with van der Waals surface area (Å²) in [5, 5.41) is 6.82. The number of piperidine rings is 1. The largest absolute Gasteiger partial charge is 0.353 e. The minimum atomic E-state index is -3.13. The van der Waals surface area contributed by atoms with E-state index in [-0.39, 0.29) is 17.7 Å². The van der Waals surface area contributed by atoms with Crippen LogP contribution in [-0.2, 0) is 27.7 Å². The molecule has 0 aliphatic carbocycles. The lowest BCUT2D eigenvalue weighted by Crippen LogP contribution is -2.46. The molecule has 8 nitrogen and oxygen atoms in total. The summed E-state index contributed by atoms with van der Waals surface area (Å²) >= 11 is 0. The monoisotopic (exact) mass is 358 g/mol. The van der Waals surface area contributed by atoms with Gasteiger partial charge in [0.05, 0.1) is 5.75 Å². The highest BCUT2D eigenvalue weighted by molar-refractivity contribution is 7.89. The highest BCUT2D eigenvalue weighted by Crippen LogP contribution is 2.14. The summed E-state index contributed by atoms with van der Waals surface area (Å²) in [5.41, 5.74) is 0. The number of sulfonamides is 1. The van der Waals surface area contributed by atoms with Crippen LogP contribution in [0.3, 0.4) is 0 Å². The molecule has 1 aliphatic heterocycles. The van der Waals surface area contributed by atoms with Crippen molar-refractivity contribution >= 4 is 15.9 Å². The van der Waals surface area contributed by atoms with Crippen molar-refractivity contribution in [2.24, 2.45) is 0 Å². The number of rotatable bonds is 8. The van der Waals surface area contributed by atoms with E-state index in [4.69, 9.17) is 4.52 Å². The third-order valence-corrected chi connectivity index (χ3v) is 6.01. The van der Waals surface area contributed by atoms with Gasteiger partial charge in [0.2, 0.25) is 21.8 Å². The maximum Gasteiger partial charge on any atom is 0.227 e. The Morgan fingerprint density at radius 3 is 2.62 bits per heavy atom. The molecule has 0 bridgehead atoms. The van der Waals surface area contributed by atoms with Crippen molar-refractivity contribution in [3.63, 3.8) is 0 Å². The number of nitrogens with one attached hydrogen (secondary N) is 1. The lowest BCUT2D eigenvalue weighted by molar-refractivity contribution is -0.122. The van der Waals surface area contributed by atoms with E-state index >= 15 is 0 Å². The highest BCUT2D eigenvalue weighted by Gasteiger charge is 2.27. The van der Waals surface area contributed by atoms with Crippen LogP contribution in [0.4, 0.5) is 0 Å². The van der Waals surface area contributed by atoms with Crippen molar-refractivity contribution in [1.29, 1.82) is 0 Å². The van der Waals surface area contributed by atoms with Gasteiger partial charge in [-0.05, 0) is 26.2 Å². The van der Waals surface area contributed by atoms with Gasteiger partial charge in [-0.25, -0.2) is 12.7 Å². The Morgan fingerprint density at radius 2 is 2.00 bits per heavy atom. The first-order chi connectivity index (χ1) is 11.4. The smallest absolute Gasteiger partial charge is 0.227 e. The van der Waals surface area contributed by atoms with Gasteiger partial charge in [0.25, 0.3) is 0 Å². The van der Waals surface area contributed by atoms with Crippen molar-refractivity contribution in [3.05, 3.63) is 11.7 Å². The third kappa shape index (κ3) is 5.27. The van der Waals surface area contributed by atoms with Crippen molar-refractivity contribution in [2.75, 3.05) is 18.8 Å². The molecule has 2 heterocycles. The number of carbonyl (C=O) groups excluding carboxylic acids is 1. The van der Waals surface area contributed by atoms with Crippen LogP contribution in [0.5, 0.6) is 0 Å². The molecule has 1 N–H and O–H groups in total. The van der Waals surface area contributed by atoms with Crippen LogP contribution in [0.25, 0.3) is 0 Å². The van der Waals surface area contributed by atoms with E-state index < -0.39 is 10.0 Å². The molecule has 1 fully saturated rings. The van der Waals surface area contributed by atoms with Crippen molar-refractivity contribution in [2.45, 2.75) is 58.4 Å². The van der Waals surface area contributed by atoms with Crippen LogP contribution in [0.2, 0.25) is 0 Å². The maximum absolute atomic E-state index is 12.0. The second-order valence-corrected chi connectivity index (χ2v) is 8.25. The Balaban J connectivity index is 1.71. The molecule has 0 radical (unpaired) electrons. The number of amides is 1. The summed E-state index contributed by atoms with van der Waals surface area (Å²) in [6.45, 7) is 4.61. The van der Waals surface area contributed by atoms with Gasteiger partial charge in [0, 0.05) is 38.4 Å². The van der Waals surface area contributed by atoms with Gasteiger partial charge < -0.3 is 9.84 Å². The number of nitrogens with zero attached hydrogens (tertiary/aromatic N) is 3. The van der Waals surface area contributed by atoms with Crippen LogP contribution >= 0.6 is 0 Å². The lowest BCUT2D eigenvalue weighted by Gasteiger charge is -2.31. The molecule has 0 spiro atoms. The number of aromatic nitrogens is 2. The van der Waals surface area contributed by atoms with Crippen molar-refractivity contribution < 1.29 is 17.7 Å². The predicted molar refractivity (Wildman–Crippen MR) is 88.8 cm³/mol. The molecular formula is C15H26N4O4S. The van der Waals surface area contributed by atoms with Crippen LogP contribution in [-0.4, -0.2) is 53.7 Å². The number of carbonyl (C=O) groups is 1. The molecule has 24 heavy (non-hydrogen) atoms. The summed E-state index contributed by atoms with van der Waals surface area (Å²) in [7, 11) is -3.13. The average Bonchev–Trinajstić information content (AvgIpc) is 3.01. The zero-order chi connectivity index (χ0) is 17.6. The van der Waals surface area contributed by atoms with Gasteiger partial charge in [0.1, 0.15) is 0 Å². The molecule has 136 valence electrons. The molecule has 1 aliphatic rings. The maximum atomic E-state index is 12.0. The normalized spacial score (nSPS) is 17.1. The summed E-state index contributed by atoms with van der Waals surface area (Å²) in [5.74, 6) is 1.21. The fraction of sp³-hybridized carbons (Fsp3) is 0.800. The summed E-state index contributed by atoms with van der Waals surface area (Å²) in [4.78, 5) is 16.3. The Bertz CT molecular complexity index is 636. The second kappa shape index (κ2) is 8.57. The summed E-state index contributed by atoms with van der Waals surface area (Å²) < 4.78 is 30.2. The Hall–Kier alpha value is -1.48. The minimum absolute atomic E-state index is 0.0270. The third-order valence-electron chi connectivity index (χ3n) is 4.13. The molecule has 0 atom stereocenters. The first-order valence-electron chi connectivity index (χ1n) is 8.53. The zero-order valence-electron chi connectivity index (χ0n) is 14.3. The molecule has 1 saturated heterocycles. The van der Waals surface area contributed by atoms with Crippen LogP contribution < -0.4 is 5.32 Å². The molecular weight excluding hydrogens is 332 g/mol. The van der Waals surface area contributed by atoms with Gasteiger partial charge in [0.15, 0.2) is 5.82 Å². The van der Waals surface area contributed by atoms with E-state index in [1.54, 1.807) is 6.92 Å². The van der Waals surface area contributed by atoms with Gasteiger partial charge in [-0.2, -0.15) is 4.98 Å². The standard InChI is InChI=1S/C15H26N4O4S/c1-3-5-13-17-15(23-18-13)7-6-14(20)16-12-8-10-19(11-9-12)24(21,22)4-2/h12H,3-11H2,1-2H3,(H,16,20). The van der Waals surface area contributed by atoms with Gasteiger partial charge in [-0.3, -0.25) is 4.79 Å². The van der Waals surface area contributed by atoms with E-state index in [0.29, 0.717) is 50.5 Å². The highest BCUT2D eigenvalue weighted by atomic mass is 32.2. The molecule has 1 aromatic rings. The minimum Gasteiger partial charge on any atom is -0.353 e. The second-order valence-electron chi connectivity index (χ2n) is 6.00. The van der Waals surface area contributed by atoms with Crippen LogP contribution in [0, 0.1) is 0 Å². The molecule has 0 aromatic carbocycles. The molecule has 0 saturated carbocycles. The number of aryl methyl sites for hydroxylation is 2. The Morgan fingerprint density at radius 1 is 1.29 bits per heavy atom. The average molecular weight is 358 g/mol.